The minimum atomic E-state index is 0.508. The number of ether oxygens (including phenoxy) is 3. The molecule has 0 unspecified atom stereocenters. The van der Waals surface area contributed by atoms with E-state index in [9.17, 15) is 0 Å². The van der Waals surface area contributed by atoms with Crippen molar-refractivity contribution >= 4 is 5.95 Å². The van der Waals surface area contributed by atoms with Gasteiger partial charge in [0.25, 0.3) is 0 Å². The molecule has 0 spiro atoms. The highest BCUT2D eigenvalue weighted by Crippen LogP contribution is 2.34. The van der Waals surface area contributed by atoms with Gasteiger partial charge in [-0.05, 0) is 22.9 Å². The Hall–Kier alpha value is -2.51. The number of rotatable bonds is 8. The lowest BCUT2D eigenvalue weighted by Crippen LogP contribution is -2.09. The minimum absolute atomic E-state index is 0.508. The Morgan fingerprint density at radius 2 is 1.73 bits per heavy atom. The van der Waals surface area contributed by atoms with Gasteiger partial charge in [-0.1, -0.05) is 12.0 Å². The summed E-state index contributed by atoms with van der Waals surface area (Å²) in [4.78, 5) is 0. The SMILES string of the molecule is CCCn1nnnc1NCc1cc(OC)c(OC)cc1OC. The zero-order valence-corrected chi connectivity index (χ0v) is 13.3. The van der Waals surface area contributed by atoms with Crippen LogP contribution in [-0.4, -0.2) is 41.5 Å². The standard InChI is InChI=1S/C14H21N5O3/c1-5-6-19-14(16-17-18-19)15-9-10-7-12(21-3)13(22-4)8-11(10)20-2/h7-8H,5-6,9H2,1-4H3,(H,15,16,18). The lowest BCUT2D eigenvalue weighted by atomic mass is 10.1. The van der Waals surface area contributed by atoms with Gasteiger partial charge >= 0.3 is 0 Å². The number of nitrogens with one attached hydrogen (secondary N) is 1. The first kappa shape index (κ1) is 15.9. The molecule has 1 aromatic carbocycles. The molecule has 0 amide bonds. The summed E-state index contributed by atoms with van der Waals surface area (Å²) in [6, 6.07) is 3.67. The number of hydrogen-bond donors (Lipinski definition) is 1. The molecule has 0 bridgehead atoms. The maximum Gasteiger partial charge on any atom is 0.243 e. The Kier molecular flexibility index (Phi) is 5.40. The molecule has 1 N–H and O–H groups in total. The summed E-state index contributed by atoms with van der Waals surface area (Å²) in [6.07, 6.45) is 0.958. The zero-order valence-electron chi connectivity index (χ0n) is 13.3. The first-order valence-corrected chi connectivity index (χ1v) is 7.02. The van der Waals surface area contributed by atoms with E-state index in [1.54, 1.807) is 32.1 Å². The molecule has 0 fully saturated rings. The second-order valence-electron chi connectivity index (χ2n) is 4.60. The van der Waals surface area contributed by atoms with E-state index >= 15 is 0 Å². The van der Waals surface area contributed by atoms with Crippen molar-refractivity contribution < 1.29 is 14.2 Å². The molecular formula is C14H21N5O3. The maximum absolute atomic E-state index is 5.40. The second-order valence-corrected chi connectivity index (χ2v) is 4.60. The highest BCUT2D eigenvalue weighted by atomic mass is 16.5. The number of hydrogen-bond acceptors (Lipinski definition) is 7. The Balaban J connectivity index is 2.19. The van der Waals surface area contributed by atoms with Crippen LogP contribution in [0.25, 0.3) is 0 Å². The topological polar surface area (TPSA) is 83.3 Å². The summed E-state index contributed by atoms with van der Waals surface area (Å²) in [5.41, 5.74) is 0.922. The van der Waals surface area contributed by atoms with Crippen LogP contribution < -0.4 is 19.5 Å². The number of benzene rings is 1. The fraction of sp³-hybridized carbons (Fsp3) is 0.500. The number of nitrogens with zero attached hydrogens (tertiary/aromatic N) is 4. The summed E-state index contributed by atoms with van der Waals surface area (Å²) in [7, 11) is 4.81. The number of aromatic nitrogens is 4. The van der Waals surface area contributed by atoms with Gasteiger partial charge in [0.15, 0.2) is 11.5 Å². The molecule has 0 saturated heterocycles. The summed E-state index contributed by atoms with van der Waals surface area (Å²) in [5, 5.41) is 14.8. The number of anilines is 1. The number of methoxy groups -OCH3 is 3. The highest BCUT2D eigenvalue weighted by molar-refractivity contribution is 5.51. The predicted molar refractivity (Wildman–Crippen MR) is 81.5 cm³/mol. The molecular weight excluding hydrogens is 286 g/mol. The molecule has 1 aromatic heterocycles. The third kappa shape index (κ3) is 3.38. The van der Waals surface area contributed by atoms with Crippen LogP contribution in [0.4, 0.5) is 5.95 Å². The maximum atomic E-state index is 5.40. The minimum Gasteiger partial charge on any atom is -0.496 e. The van der Waals surface area contributed by atoms with E-state index in [-0.39, 0.29) is 0 Å². The monoisotopic (exact) mass is 307 g/mol. The molecule has 0 aliphatic rings. The number of tetrazole rings is 1. The molecule has 8 heteroatoms. The van der Waals surface area contributed by atoms with Crippen molar-refractivity contribution in [3.63, 3.8) is 0 Å². The van der Waals surface area contributed by atoms with E-state index in [1.807, 2.05) is 6.07 Å². The average Bonchev–Trinajstić information content (AvgIpc) is 2.99. The zero-order chi connectivity index (χ0) is 15.9. The van der Waals surface area contributed by atoms with Gasteiger partial charge in [-0.25, -0.2) is 4.68 Å². The van der Waals surface area contributed by atoms with Crippen molar-refractivity contribution in [1.29, 1.82) is 0 Å². The van der Waals surface area contributed by atoms with Crippen molar-refractivity contribution in [3.8, 4) is 17.2 Å². The van der Waals surface area contributed by atoms with Gasteiger partial charge in [-0.2, -0.15) is 0 Å². The lowest BCUT2D eigenvalue weighted by molar-refractivity contribution is 0.347. The van der Waals surface area contributed by atoms with Crippen molar-refractivity contribution in [2.45, 2.75) is 26.4 Å². The molecule has 0 saturated carbocycles. The molecule has 8 nitrogen and oxygen atoms in total. The fourth-order valence-corrected chi connectivity index (χ4v) is 2.10. The van der Waals surface area contributed by atoms with Gasteiger partial charge in [0.1, 0.15) is 5.75 Å². The first-order valence-electron chi connectivity index (χ1n) is 7.02. The van der Waals surface area contributed by atoms with Crippen LogP contribution in [-0.2, 0) is 13.1 Å². The van der Waals surface area contributed by atoms with E-state index < -0.39 is 0 Å². The van der Waals surface area contributed by atoms with Crippen LogP contribution in [0.3, 0.4) is 0 Å². The smallest absolute Gasteiger partial charge is 0.243 e. The van der Waals surface area contributed by atoms with Crippen LogP contribution in [0.15, 0.2) is 12.1 Å². The first-order chi connectivity index (χ1) is 10.7. The molecule has 0 aliphatic carbocycles. The Morgan fingerprint density at radius 3 is 2.36 bits per heavy atom. The van der Waals surface area contributed by atoms with E-state index in [1.165, 1.54) is 0 Å². The summed E-state index contributed by atoms with van der Waals surface area (Å²) in [6.45, 7) is 3.34. The average molecular weight is 307 g/mol. The Morgan fingerprint density at radius 1 is 1.05 bits per heavy atom. The van der Waals surface area contributed by atoms with Gasteiger partial charge in [0.2, 0.25) is 5.95 Å². The van der Waals surface area contributed by atoms with Crippen molar-refractivity contribution in [1.82, 2.24) is 20.2 Å². The normalized spacial score (nSPS) is 10.4. The van der Waals surface area contributed by atoms with Gasteiger partial charge in [-0.15, -0.1) is 0 Å². The fourth-order valence-electron chi connectivity index (χ4n) is 2.10. The van der Waals surface area contributed by atoms with Gasteiger partial charge in [-0.3, -0.25) is 0 Å². The van der Waals surface area contributed by atoms with E-state index in [2.05, 4.69) is 27.8 Å². The summed E-state index contributed by atoms with van der Waals surface area (Å²) < 4.78 is 17.7. The molecule has 120 valence electrons. The van der Waals surface area contributed by atoms with E-state index in [0.717, 1.165) is 18.5 Å². The Bertz CT molecular complexity index is 615. The molecule has 2 rings (SSSR count). The summed E-state index contributed by atoms with van der Waals surface area (Å²) in [5.74, 6) is 2.60. The van der Waals surface area contributed by atoms with Crippen LogP contribution in [0.2, 0.25) is 0 Å². The van der Waals surface area contributed by atoms with Crippen LogP contribution in [0.5, 0.6) is 17.2 Å². The highest BCUT2D eigenvalue weighted by Gasteiger charge is 2.13. The summed E-state index contributed by atoms with van der Waals surface area (Å²) >= 11 is 0. The largest absolute Gasteiger partial charge is 0.496 e. The Labute approximate surface area is 129 Å². The van der Waals surface area contributed by atoms with Crippen molar-refractivity contribution in [3.05, 3.63) is 17.7 Å². The van der Waals surface area contributed by atoms with Gasteiger partial charge < -0.3 is 19.5 Å². The number of aryl methyl sites for hydroxylation is 1. The third-order valence-corrected chi connectivity index (χ3v) is 3.19. The molecule has 0 aliphatic heterocycles. The van der Waals surface area contributed by atoms with Crippen LogP contribution >= 0.6 is 0 Å². The lowest BCUT2D eigenvalue weighted by Gasteiger charge is -2.14. The molecule has 1 heterocycles. The van der Waals surface area contributed by atoms with E-state index in [4.69, 9.17) is 14.2 Å². The van der Waals surface area contributed by atoms with Crippen molar-refractivity contribution in [2.75, 3.05) is 26.6 Å². The quantitative estimate of drug-likeness (QED) is 0.795. The molecule has 2 aromatic rings. The predicted octanol–water partition coefficient (Wildman–Crippen LogP) is 1.72. The van der Waals surface area contributed by atoms with Crippen LogP contribution in [0.1, 0.15) is 18.9 Å². The molecule has 0 radical (unpaired) electrons. The van der Waals surface area contributed by atoms with E-state index in [0.29, 0.717) is 29.7 Å². The third-order valence-electron chi connectivity index (χ3n) is 3.19. The van der Waals surface area contributed by atoms with Crippen LogP contribution in [0, 0.1) is 0 Å². The van der Waals surface area contributed by atoms with Crippen molar-refractivity contribution in [2.24, 2.45) is 0 Å². The molecule has 0 atom stereocenters. The molecule has 22 heavy (non-hydrogen) atoms. The second kappa shape index (κ2) is 7.48. The van der Waals surface area contributed by atoms with Gasteiger partial charge in [0.05, 0.1) is 21.3 Å². The van der Waals surface area contributed by atoms with Gasteiger partial charge in [0, 0.05) is 24.7 Å².